The van der Waals surface area contributed by atoms with E-state index >= 15 is 0 Å². The van der Waals surface area contributed by atoms with Gasteiger partial charge in [-0.15, -0.1) is 0 Å². The number of rotatable bonds is 8. The maximum atomic E-state index is 13.1. The van der Waals surface area contributed by atoms with Crippen LogP contribution in [0.25, 0.3) is 10.9 Å². The van der Waals surface area contributed by atoms with Gasteiger partial charge in [-0.05, 0) is 66.4 Å². The molecule has 48 heavy (non-hydrogen) atoms. The van der Waals surface area contributed by atoms with Gasteiger partial charge in [-0.1, -0.05) is 26.0 Å². The van der Waals surface area contributed by atoms with E-state index in [4.69, 9.17) is 11.1 Å². The summed E-state index contributed by atoms with van der Waals surface area (Å²) in [6.45, 7) is 4.45. The Hall–Kier alpha value is -5.98. The summed E-state index contributed by atoms with van der Waals surface area (Å²) >= 11 is 0. The number of anilines is 2. The maximum absolute atomic E-state index is 13.1. The summed E-state index contributed by atoms with van der Waals surface area (Å²) in [5.74, 6) is -1.70. The number of primary amides is 1. The number of fused-ring (bicyclic) bond motifs is 2. The first-order valence-corrected chi connectivity index (χ1v) is 15.6. The second-order valence-electron chi connectivity index (χ2n) is 12.2. The molecule has 0 radical (unpaired) electrons. The summed E-state index contributed by atoms with van der Waals surface area (Å²) < 4.78 is 1.89. The number of nitrogens with zero attached hydrogens (tertiary/aromatic N) is 3. The van der Waals surface area contributed by atoms with Crippen molar-refractivity contribution in [3.8, 4) is 5.75 Å². The lowest BCUT2D eigenvalue weighted by molar-refractivity contribution is -0.137. The van der Waals surface area contributed by atoms with Crippen LogP contribution in [0.3, 0.4) is 0 Å². The number of amidine groups is 1. The van der Waals surface area contributed by atoms with Crippen LogP contribution in [0.4, 0.5) is 16.2 Å². The molecule has 1 atom stereocenters. The molecule has 13 heteroatoms. The standard InChI is InChI=1S/C35H35N7O6/c1-19(2)20-6-10-29(43)24(17-20)32(36)42(35(37)48)22-7-8-27-21(16-22)12-14-40(27)15-13-31(45)38-26-5-3-4-23-25(26)18-41(34(23)47)28-9-11-30(44)39-33(28)46/h3-8,10,12,14,16-17,19,28,36,43H,9,11,13,15,18H2,1-2H3,(H2,37,48)(H,38,45)(H,39,44,46). The summed E-state index contributed by atoms with van der Waals surface area (Å²) in [7, 11) is 0. The normalized spacial score (nSPS) is 15.9. The van der Waals surface area contributed by atoms with Crippen LogP contribution in [-0.4, -0.2) is 56.1 Å². The number of piperidine rings is 1. The van der Waals surface area contributed by atoms with Gasteiger partial charge >= 0.3 is 6.03 Å². The number of urea groups is 1. The molecule has 1 unspecified atom stereocenters. The molecule has 2 aliphatic heterocycles. The first-order valence-electron chi connectivity index (χ1n) is 15.6. The third kappa shape index (κ3) is 5.97. The van der Waals surface area contributed by atoms with Crippen molar-refractivity contribution in [3.05, 3.63) is 89.1 Å². The van der Waals surface area contributed by atoms with Crippen molar-refractivity contribution >= 4 is 57.8 Å². The van der Waals surface area contributed by atoms with Crippen LogP contribution in [0.15, 0.2) is 66.9 Å². The van der Waals surface area contributed by atoms with Gasteiger partial charge in [-0.25, -0.2) is 9.69 Å². The molecular formula is C35H35N7O6. The van der Waals surface area contributed by atoms with Gasteiger partial charge in [-0.2, -0.15) is 0 Å². The molecule has 4 aromatic rings. The number of phenols is 1. The highest BCUT2D eigenvalue weighted by Gasteiger charge is 2.40. The number of benzene rings is 3. The molecule has 0 spiro atoms. The number of phenolic OH excluding ortho intramolecular Hbond substituents is 1. The predicted molar refractivity (Wildman–Crippen MR) is 179 cm³/mol. The fourth-order valence-electron chi connectivity index (χ4n) is 6.25. The summed E-state index contributed by atoms with van der Waals surface area (Å²) in [4.78, 5) is 65.2. The predicted octanol–water partition coefficient (Wildman–Crippen LogP) is 4.17. The lowest BCUT2D eigenvalue weighted by atomic mass is 9.99. The number of aromatic hydroxyl groups is 1. The third-order valence-corrected chi connectivity index (χ3v) is 8.84. The van der Waals surface area contributed by atoms with E-state index in [2.05, 4.69) is 10.6 Å². The number of imide groups is 1. The van der Waals surface area contributed by atoms with E-state index < -0.39 is 18.0 Å². The largest absolute Gasteiger partial charge is 0.507 e. The zero-order valence-electron chi connectivity index (χ0n) is 26.4. The highest BCUT2D eigenvalue weighted by Crippen LogP contribution is 2.33. The zero-order chi connectivity index (χ0) is 34.3. The Bertz CT molecular complexity index is 2020. The Balaban J connectivity index is 1.14. The maximum Gasteiger partial charge on any atom is 0.325 e. The van der Waals surface area contributed by atoms with E-state index in [0.717, 1.165) is 21.4 Å². The smallest absolute Gasteiger partial charge is 0.325 e. The third-order valence-electron chi connectivity index (χ3n) is 8.84. The number of nitrogens with two attached hydrogens (primary N) is 1. The van der Waals surface area contributed by atoms with Gasteiger partial charge in [0, 0.05) is 59.8 Å². The van der Waals surface area contributed by atoms with Crippen molar-refractivity contribution in [3.63, 3.8) is 0 Å². The first kappa shape index (κ1) is 32.0. The highest BCUT2D eigenvalue weighted by molar-refractivity contribution is 6.22. The summed E-state index contributed by atoms with van der Waals surface area (Å²) in [5, 5.41) is 25.2. The minimum absolute atomic E-state index is 0.115. The molecular weight excluding hydrogens is 614 g/mol. The molecule has 1 fully saturated rings. The molecule has 13 nitrogen and oxygen atoms in total. The molecule has 1 aromatic heterocycles. The average Bonchev–Trinajstić information content (AvgIpc) is 3.60. The van der Waals surface area contributed by atoms with Crippen LogP contribution in [0, 0.1) is 5.41 Å². The van der Waals surface area contributed by atoms with E-state index in [1.54, 1.807) is 48.5 Å². The molecule has 246 valence electrons. The Kier molecular flexibility index (Phi) is 8.44. The van der Waals surface area contributed by atoms with Crippen LogP contribution in [0.2, 0.25) is 0 Å². The second kappa shape index (κ2) is 12.7. The van der Waals surface area contributed by atoms with Crippen LogP contribution in [0.1, 0.15) is 66.1 Å². The summed E-state index contributed by atoms with van der Waals surface area (Å²) in [5.41, 5.74) is 9.44. The van der Waals surface area contributed by atoms with Crippen molar-refractivity contribution in [2.45, 2.75) is 58.2 Å². The quantitative estimate of drug-likeness (QED) is 0.108. The van der Waals surface area contributed by atoms with Crippen molar-refractivity contribution < 1.29 is 29.1 Å². The van der Waals surface area contributed by atoms with Gasteiger partial charge in [0.1, 0.15) is 17.6 Å². The summed E-state index contributed by atoms with van der Waals surface area (Å²) in [6.07, 6.45) is 2.33. The first-order chi connectivity index (χ1) is 22.9. The molecule has 2 aliphatic rings. The number of hydrogen-bond donors (Lipinski definition) is 5. The number of hydrogen-bond acceptors (Lipinski definition) is 7. The number of carbonyl (C=O) groups excluding carboxylic acids is 5. The molecule has 0 aliphatic carbocycles. The minimum Gasteiger partial charge on any atom is -0.507 e. The number of aromatic nitrogens is 1. The molecule has 6 rings (SSSR count). The number of aryl methyl sites for hydroxylation is 1. The fraction of sp³-hybridized carbons (Fsp3) is 0.257. The lowest BCUT2D eigenvalue weighted by Gasteiger charge is -2.29. The number of carbonyl (C=O) groups is 5. The van der Waals surface area contributed by atoms with Crippen LogP contribution >= 0.6 is 0 Å². The molecule has 0 saturated carbocycles. The van der Waals surface area contributed by atoms with Gasteiger partial charge < -0.3 is 25.6 Å². The lowest BCUT2D eigenvalue weighted by Crippen LogP contribution is -2.52. The van der Waals surface area contributed by atoms with Crippen molar-refractivity contribution in [1.29, 1.82) is 5.41 Å². The van der Waals surface area contributed by atoms with Gasteiger partial charge in [0.2, 0.25) is 17.7 Å². The van der Waals surface area contributed by atoms with E-state index in [1.807, 2.05) is 30.7 Å². The molecule has 3 heterocycles. The monoisotopic (exact) mass is 649 g/mol. The van der Waals surface area contributed by atoms with E-state index in [9.17, 15) is 29.1 Å². The Morgan fingerprint density at radius 1 is 1.10 bits per heavy atom. The van der Waals surface area contributed by atoms with E-state index in [0.29, 0.717) is 29.0 Å². The average molecular weight is 650 g/mol. The van der Waals surface area contributed by atoms with Crippen molar-refractivity contribution in [1.82, 2.24) is 14.8 Å². The topological polar surface area (TPSA) is 191 Å². The van der Waals surface area contributed by atoms with Gasteiger partial charge in [0.05, 0.1) is 11.3 Å². The Morgan fingerprint density at radius 3 is 2.62 bits per heavy atom. The second-order valence-corrected chi connectivity index (χ2v) is 12.2. The van der Waals surface area contributed by atoms with E-state index in [1.165, 1.54) is 11.0 Å². The molecule has 6 N–H and O–H groups in total. The molecule has 6 amide bonds. The Morgan fingerprint density at radius 2 is 1.90 bits per heavy atom. The van der Waals surface area contributed by atoms with E-state index in [-0.39, 0.29) is 66.6 Å². The fourth-order valence-corrected chi connectivity index (χ4v) is 6.25. The van der Waals surface area contributed by atoms with Gasteiger partial charge in [0.25, 0.3) is 5.91 Å². The minimum atomic E-state index is -0.876. The zero-order valence-corrected chi connectivity index (χ0v) is 26.4. The molecule has 1 saturated heterocycles. The van der Waals surface area contributed by atoms with Gasteiger partial charge in [0.15, 0.2) is 0 Å². The van der Waals surface area contributed by atoms with Crippen molar-refractivity contribution in [2.24, 2.45) is 5.73 Å². The molecule has 3 aromatic carbocycles. The number of amides is 6. The van der Waals surface area contributed by atoms with Crippen LogP contribution < -0.4 is 21.3 Å². The van der Waals surface area contributed by atoms with Crippen LogP contribution in [-0.2, 0) is 27.5 Å². The summed E-state index contributed by atoms with van der Waals surface area (Å²) in [6, 6.07) is 15.3. The van der Waals surface area contributed by atoms with Crippen LogP contribution in [0.5, 0.6) is 5.75 Å². The SMILES string of the molecule is CC(C)c1ccc(O)c(C(=N)N(C(N)=O)c2ccc3c(ccn3CCC(=O)Nc3cccc4c3CN(C3CCC(=O)NC3=O)C4=O)c2)c1. The number of nitrogens with one attached hydrogen (secondary N) is 3. The highest BCUT2D eigenvalue weighted by atomic mass is 16.3. The van der Waals surface area contributed by atoms with Crippen molar-refractivity contribution in [2.75, 3.05) is 10.2 Å². The Labute approximate surface area is 275 Å². The molecule has 0 bridgehead atoms. The van der Waals surface area contributed by atoms with Gasteiger partial charge in [-0.3, -0.25) is 29.9 Å².